The van der Waals surface area contributed by atoms with E-state index in [4.69, 9.17) is 0 Å². The summed E-state index contributed by atoms with van der Waals surface area (Å²) in [5, 5.41) is 12.4. The van der Waals surface area contributed by atoms with Crippen molar-refractivity contribution < 1.29 is 0 Å². The summed E-state index contributed by atoms with van der Waals surface area (Å²) < 4.78 is 0. The Kier molecular flexibility index (Phi) is 10.6. The smallest absolute Gasteiger partial charge is 0.0943 e. The fourth-order valence-corrected chi connectivity index (χ4v) is 2.18. The van der Waals surface area contributed by atoms with Crippen LogP contribution in [0.1, 0.15) is 59.8 Å². The van der Waals surface area contributed by atoms with Crippen LogP contribution in [0.15, 0.2) is 11.6 Å². The highest BCUT2D eigenvalue weighted by Crippen LogP contribution is 2.20. The molecule has 0 aromatic carbocycles. The molecule has 0 aromatic heterocycles. The SMILES string of the molecule is CCC(C)C/C(C#N)=C\[C@@H](C)CC[C@H](C)CCNC. The molecule has 3 atom stereocenters. The fraction of sp³-hybridized carbons (Fsp3) is 0.824. The molecule has 2 heteroatoms. The second-order valence-electron chi connectivity index (χ2n) is 6.07. The van der Waals surface area contributed by atoms with E-state index in [1.54, 1.807) is 0 Å². The highest BCUT2D eigenvalue weighted by Gasteiger charge is 2.08. The van der Waals surface area contributed by atoms with Gasteiger partial charge in [-0.1, -0.05) is 46.6 Å². The van der Waals surface area contributed by atoms with Crippen LogP contribution in [0.2, 0.25) is 0 Å². The van der Waals surface area contributed by atoms with Gasteiger partial charge in [-0.15, -0.1) is 0 Å². The van der Waals surface area contributed by atoms with Crippen LogP contribution in [-0.2, 0) is 0 Å². The van der Waals surface area contributed by atoms with E-state index in [9.17, 15) is 5.26 Å². The van der Waals surface area contributed by atoms with Gasteiger partial charge in [-0.25, -0.2) is 0 Å². The number of hydrogen-bond acceptors (Lipinski definition) is 2. The van der Waals surface area contributed by atoms with Crippen LogP contribution in [0.3, 0.4) is 0 Å². The van der Waals surface area contributed by atoms with Crippen molar-refractivity contribution in [2.24, 2.45) is 17.8 Å². The summed E-state index contributed by atoms with van der Waals surface area (Å²) in [6, 6.07) is 2.37. The molecule has 0 aliphatic carbocycles. The highest BCUT2D eigenvalue weighted by molar-refractivity contribution is 5.21. The summed E-state index contributed by atoms with van der Waals surface area (Å²) in [4.78, 5) is 0. The average molecular weight is 264 g/mol. The third-order valence-electron chi connectivity index (χ3n) is 3.90. The Morgan fingerprint density at radius 2 is 1.84 bits per heavy atom. The van der Waals surface area contributed by atoms with Crippen LogP contribution in [0.25, 0.3) is 0 Å². The topological polar surface area (TPSA) is 35.8 Å². The number of rotatable bonds is 10. The second-order valence-corrected chi connectivity index (χ2v) is 6.07. The molecule has 0 saturated heterocycles. The van der Waals surface area contributed by atoms with E-state index < -0.39 is 0 Å². The zero-order valence-corrected chi connectivity index (χ0v) is 13.5. The van der Waals surface area contributed by atoms with Gasteiger partial charge in [0.05, 0.1) is 6.07 Å². The van der Waals surface area contributed by atoms with Crippen LogP contribution < -0.4 is 5.32 Å². The Morgan fingerprint density at radius 1 is 1.16 bits per heavy atom. The lowest BCUT2D eigenvalue weighted by molar-refractivity contribution is 0.437. The minimum atomic E-state index is 0.524. The van der Waals surface area contributed by atoms with Gasteiger partial charge in [-0.05, 0) is 50.6 Å². The van der Waals surface area contributed by atoms with Gasteiger partial charge in [-0.2, -0.15) is 5.26 Å². The molecule has 0 saturated carbocycles. The third kappa shape index (κ3) is 9.73. The minimum Gasteiger partial charge on any atom is -0.320 e. The molecule has 110 valence electrons. The van der Waals surface area contributed by atoms with Gasteiger partial charge in [0.1, 0.15) is 0 Å². The van der Waals surface area contributed by atoms with Gasteiger partial charge >= 0.3 is 0 Å². The van der Waals surface area contributed by atoms with E-state index in [-0.39, 0.29) is 0 Å². The Labute approximate surface area is 120 Å². The lowest BCUT2D eigenvalue weighted by Gasteiger charge is -2.14. The minimum absolute atomic E-state index is 0.524. The van der Waals surface area contributed by atoms with Gasteiger partial charge in [0.2, 0.25) is 0 Å². The predicted octanol–water partition coefficient (Wildman–Crippen LogP) is 4.53. The second kappa shape index (κ2) is 11.1. The molecule has 0 spiro atoms. The monoisotopic (exact) mass is 264 g/mol. The summed E-state index contributed by atoms with van der Waals surface area (Å²) in [5.41, 5.74) is 0.977. The molecule has 0 amide bonds. The van der Waals surface area contributed by atoms with E-state index in [2.05, 4.69) is 45.2 Å². The molecular formula is C17H32N2. The van der Waals surface area contributed by atoms with Crippen molar-refractivity contribution >= 4 is 0 Å². The molecule has 0 aliphatic heterocycles. The van der Waals surface area contributed by atoms with E-state index in [1.165, 1.54) is 19.3 Å². The molecule has 19 heavy (non-hydrogen) atoms. The standard InChI is InChI=1S/C17H32N2/c1-6-14(2)11-17(13-18)12-16(4)8-7-15(3)9-10-19-5/h12,14-16,19H,6-11H2,1-5H3/b17-12+/t14?,15-,16-/m0/s1. The van der Waals surface area contributed by atoms with E-state index in [0.29, 0.717) is 11.8 Å². The molecule has 0 bridgehead atoms. The third-order valence-corrected chi connectivity index (χ3v) is 3.90. The normalized spacial score (nSPS) is 16.7. The molecule has 0 heterocycles. The summed E-state index contributed by atoms with van der Waals surface area (Å²) in [6.45, 7) is 10.1. The van der Waals surface area contributed by atoms with Crippen LogP contribution in [0.4, 0.5) is 0 Å². The van der Waals surface area contributed by atoms with Gasteiger partial charge in [-0.3, -0.25) is 0 Å². The van der Waals surface area contributed by atoms with Crippen LogP contribution in [0.5, 0.6) is 0 Å². The maximum Gasteiger partial charge on any atom is 0.0943 e. The maximum atomic E-state index is 9.19. The Balaban J connectivity index is 4.11. The van der Waals surface area contributed by atoms with Gasteiger partial charge < -0.3 is 5.32 Å². The molecule has 1 unspecified atom stereocenters. The first-order chi connectivity index (χ1) is 9.03. The summed E-state index contributed by atoms with van der Waals surface area (Å²) in [6.07, 6.45) is 7.96. The zero-order chi connectivity index (χ0) is 14.7. The van der Waals surface area contributed by atoms with Crippen molar-refractivity contribution in [1.82, 2.24) is 5.32 Å². The fourth-order valence-electron chi connectivity index (χ4n) is 2.18. The highest BCUT2D eigenvalue weighted by atomic mass is 14.8. The predicted molar refractivity (Wildman–Crippen MR) is 83.9 cm³/mol. The van der Waals surface area contributed by atoms with Crippen molar-refractivity contribution in [1.29, 1.82) is 5.26 Å². The van der Waals surface area contributed by atoms with Crippen molar-refractivity contribution in [3.05, 3.63) is 11.6 Å². The summed E-state index contributed by atoms with van der Waals surface area (Å²) in [5.74, 6) is 1.91. The van der Waals surface area contributed by atoms with Crippen LogP contribution in [-0.4, -0.2) is 13.6 Å². The first-order valence-electron chi connectivity index (χ1n) is 7.78. The number of hydrogen-bond donors (Lipinski definition) is 1. The summed E-state index contributed by atoms with van der Waals surface area (Å²) >= 11 is 0. The maximum absolute atomic E-state index is 9.19. The number of nitrogens with zero attached hydrogens (tertiary/aromatic N) is 1. The van der Waals surface area contributed by atoms with Crippen molar-refractivity contribution in [2.45, 2.75) is 59.8 Å². The molecule has 0 rings (SSSR count). The molecule has 1 N–H and O–H groups in total. The average Bonchev–Trinajstić information content (AvgIpc) is 2.41. The Hall–Kier alpha value is -0.810. The molecule has 2 nitrogen and oxygen atoms in total. The first-order valence-corrected chi connectivity index (χ1v) is 7.78. The zero-order valence-electron chi connectivity index (χ0n) is 13.5. The van der Waals surface area contributed by atoms with E-state index >= 15 is 0 Å². The molecule has 0 aliphatic rings. The van der Waals surface area contributed by atoms with Crippen molar-refractivity contribution in [2.75, 3.05) is 13.6 Å². The number of nitriles is 1. The quantitative estimate of drug-likeness (QED) is 0.588. The lowest BCUT2D eigenvalue weighted by Crippen LogP contribution is -2.12. The van der Waals surface area contributed by atoms with Crippen molar-refractivity contribution in [3.8, 4) is 6.07 Å². The molecule has 0 fully saturated rings. The van der Waals surface area contributed by atoms with Gasteiger partial charge in [0.15, 0.2) is 0 Å². The van der Waals surface area contributed by atoms with Gasteiger partial charge in [0.25, 0.3) is 0 Å². The molecule has 0 radical (unpaired) electrons. The number of nitrogens with one attached hydrogen (secondary N) is 1. The Morgan fingerprint density at radius 3 is 2.37 bits per heavy atom. The van der Waals surface area contributed by atoms with E-state index in [1.807, 2.05) is 7.05 Å². The number of allylic oxidation sites excluding steroid dienone is 2. The van der Waals surface area contributed by atoms with Crippen molar-refractivity contribution in [3.63, 3.8) is 0 Å². The molecule has 0 aromatic rings. The van der Waals surface area contributed by atoms with E-state index in [0.717, 1.165) is 30.9 Å². The van der Waals surface area contributed by atoms with Gasteiger partial charge in [0, 0.05) is 5.57 Å². The largest absolute Gasteiger partial charge is 0.320 e. The molecular weight excluding hydrogens is 232 g/mol. The van der Waals surface area contributed by atoms with Crippen LogP contribution >= 0.6 is 0 Å². The van der Waals surface area contributed by atoms with Crippen LogP contribution in [0, 0.1) is 29.1 Å². The lowest BCUT2D eigenvalue weighted by atomic mass is 9.92. The summed E-state index contributed by atoms with van der Waals surface area (Å²) in [7, 11) is 2.01. The first kappa shape index (κ1) is 18.2. The Bertz CT molecular complexity index is 288.